The number of carbonyl (C=O) groups excluding carboxylic acids is 2. The molecule has 0 unspecified atom stereocenters. The maximum Gasteiger partial charge on any atom is 0.285 e. The van der Waals surface area contributed by atoms with E-state index in [0.29, 0.717) is 13.0 Å². The van der Waals surface area contributed by atoms with Crippen molar-refractivity contribution >= 4 is 22.8 Å². The summed E-state index contributed by atoms with van der Waals surface area (Å²) in [5, 5.41) is -0.129. The lowest BCUT2D eigenvalue weighted by Crippen LogP contribution is -2.52. The molecule has 2 rings (SSSR count). The fraction of sp³-hybridized carbons (Fsp3) is 0.579. The molecule has 0 aliphatic carbocycles. The molecule has 0 saturated carbocycles. The van der Waals surface area contributed by atoms with Crippen molar-refractivity contribution in [1.29, 1.82) is 0 Å². The van der Waals surface area contributed by atoms with Crippen LogP contribution in [-0.2, 0) is 14.3 Å². The normalized spacial score (nSPS) is 21.3. The van der Waals surface area contributed by atoms with Crippen LogP contribution in [0.3, 0.4) is 0 Å². The average Bonchev–Trinajstić information content (AvgIpc) is 2.75. The van der Waals surface area contributed by atoms with Gasteiger partial charge in [0.2, 0.25) is 0 Å². The maximum absolute atomic E-state index is 13.1. The summed E-state index contributed by atoms with van der Waals surface area (Å²) in [6.45, 7) is 11.9. The van der Waals surface area contributed by atoms with E-state index < -0.39 is 16.0 Å². The van der Waals surface area contributed by atoms with E-state index >= 15 is 0 Å². The van der Waals surface area contributed by atoms with Gasteiger partial charge in [0.05, 0.1) is 12.1 Å². The lowest BCUT2D eigenvalue weighted by Gasteiger charge is -2.39. The van der Waals surface area contributed by atoms with Crippen LogP contribution in [0.2, 0.25) is 0 Å². The van der Waals surface area contributed by atoms with E-state index in [2.05, 4.69) is 0 Å². The van der Waals surface area contributed by atoms with Crippen molar-refractivity contribution in [2.24, 2.45) is 0 Å². The minimum atomic E-state index is -0.901. The molecule has 1 amide bonds. The maximum atomic E-state index is 13.1. The van der Waals surface area contributed by atoms with Gasteiger partial charge in [-0.05, 0) is 51.9 Å². The smallest absolute Gasteiger partial charge is 0.285 e. The first-order valence-electron chi connectivity index (χ1n) is 8.31. The summed E-state index contributed by atoms with van der Waals surface area (Å²) in [5.41, 5.74) is -0.230. The number of amides is 1. The van der Waals surface area contributed by atoms with Crippen LogP contribution >= 0.6 is 11.8 Å². The van der Waals surface area contributed by atoms with Crippen LogP contribution < -0.4 is 0 Å². The summed E-state index contributed by atoms with van der Waals surface area (Å²) < 4.78 is 4.90. The van der Waals surface area contributed by atoms with Gasteiger partial charge in [0.15, 0.2) is 5.78 Å². The number of hydrogen-bond donors (Lipinski definition) is 0. The van der Waals surface area contributed by atoms with Gasteiger partial charge in [-0.15, -0.1) is 0 Å². The highest BCUT2D eigenvalue weighted by atomic mass is 32.2. The van der Waals surface area contributed by atoms with Crippen molar-refractivity contribution in [3.05, 3.63) is 35.9 Å². The van der Waals surface area contributed by atoms with Crippen LogP contribution in [0.15, 0.2) is 30.3 Å². The number of thioether (sulfide) groups is 1. The predicted molar refractivity (Wildman–Crippen MR) is 98.0 cm³/mol. The van der Waals surface area contributed by atoms with E-state index in [1.165, 1.54) is 0 Å². The minimum Gasteiger partial charge on any atom is -0.354 e. The highest BCUT2D eigenvalue weighted by Crippen LogP contribution is 2.44. The number of nitrogens with zero attached hydrogens (tertiary/aromatic N) is 1. The molecule has 24 heavy (non-hydrogen) atoms. The van der Waals surface area contributed by atoms with Crippen molar-refractivity contribution < 1.29 is 14.3 Å². The van der Waals surface area contributed by atoms with Crippen molar-refractivity contribution in [3.63, 3.8) is 0 Å². The number of rotatable bonds is 4. The first-order chi connectivity index (χ1) is 11.0. The Bertz CT molecular complexity index is 611. The topological polar surface area (TPSA) is 46.6 Å². The third kappa shape index (κ3) is 3.38. The number of ketones is 1. The zero-order valence-electron chi connectivity index (χ0n) is 15.4. The van der Waals surface area contributed by atoms with E-state index in [1.54, 1.807) is 4.90 Å². The highest BCUT2D eigenvalue weighted by molar-refractivity contribution is 8.14. The molecule has 0 N–H and O–H groups in total. The first-order valence-corrected chi connectivity index (χ1v) is 9.12. The predicted octanol–water partition coefficient (Wildman–Crippen LogP) is 4.58. The summed E-state index contributed by atoms with van der Waals surface area (Å²) in [7, 11) is 0. The summed E-state index contributed by atoms with van der Waals surface area (Å²) in [5.74, 6) is 0.0442. The summed E-state index contributed by atoms with van der Waals surface area (Å²) in [4.78, 5) is 27.6. The van der Waals surface area contributed by atoms with Gasteiger partial charge in [0, 0.05) is 6.42 Å². The Kier molecular flexibility index (Phi) is 5.17. The molecule has 1 aliphatic rings. The standard InChI is InChI=1S/C19H27NO3S/c1-7-15(21)19(6,14-11-9-8-10-12-14)24-16(22)20-17(2,3)13-23-18(20,4)5/h8-12H,7,13H2,1-6H3/t19-/m1/s1. The van der Waals surface area contributed by atoms with Crippen LogP contribution in [-0.4, -0.2) is 33.8 Å². The molecule has 1 aromatic carbocycles. The lowest BCUT2D eigenvalue weighted by molar-refractivity contribution is -0.120. The molecule has 5 heteroatoms. The molecule has 1 atom stereocenters. The Labute approximate surface area is 148 Å². The second kappa shape index (κ2) is 6.52. The molecule has 0 spiro atoms. The third-order valence-corrected chi connectivity index (χ3v) is 5.80. The van der Waals surface area contributed by atoms with E-state index in [0.717, 1.165) is 17.3 Å². The Balaban J connectivity index is 2.37. The zero-order chi connectivity index (χ0) is 18.2. The highest BCUT2D eigenvalue weighted by Gasteiger charge is 2.51. The van der Waals surface area contributed by atoms with Crippen molar-refractivity contribution in [1.82, 2.24) is 4.90 Å². The summed E-state index contributed by atoms with van der Waals surface area (Å²) >= 11 is 1.09. The molecule has 1 fully saturated rings. The van der Waals surface area contributed by atoms with Crippen LogP contribution in [0, 0.1) is 0 Å². The molecular weight excluding hydrogens is 322 g/mol. The van der Waals surface area contributed by atoms with Gasteiger partial charge in [-0.1, -0.05) is 37.3 Å². The van der Waals surface area contributed by atoms with Crippen LogP contribution in [0.4, 0.5) is 4.79 Å². The average molecular weight is 349 g/mol. The van der Waals surface area contributed by atoms with Crippen molar-refractivity contribution in [2.75, 3.05) is 6.61 Å². The zero-order valence-corrected chi connectivity index (χ0v) is 16.2. The van der Waals surface area contributed by atoms with Gasteiger partial charge in [0.25, 0.3) is 5.24 Å². The van der Waals surface area contributed by atoms with Gasteiger partial charge in [-0.3, -0.25) is 14.5 Å². The number of carbonyl (C=O) groups is 2. The number of benzene rings is 1. The third-order valence-electron chi connectivity index (χ3n) is 4.57. The summed E-state index contributed by atoms with van der Waals surface area (Å²) in [6.07, 6.45) is 0.384. The first kappa shape index (κ1) is 19.0. The molecule has 1 saturated heterocycles. The molecular formula is C19H27NO3S. The summed E-state index contributed by atoms with van der Waals surface area (Å²) in [6, 6.07) is 9.52. The van der Waals surface area contributed by atoms with Gasteiger partial charge in [0.1, 0.15) is 10.5 Å². The van der Waals surface area contributed by atoms with Crippen molar-refractivity contribution in [2.45, 2.75) is 64.0 Å². The number of ether oxygens (including phenoxy) is 1. The number of Topliss-reactive ketones (excluding diaryl/α,β-unsaturated/α-hetero) is 1. The Morgan fingerprint density at radius 3 is 2.25 bits per heavy atom. The van der Waals surface area contributed by atoms with E-state index in [4.69, 9.17) is 4.74 Å². The molecule has 132 valence electrons. The minimum absolute atomic E-state index is 0.0442. The molecule has 1 aromatic rings. The Hall–Kier alpha value is -1.33. The lowest BCUT2D eigenvalue weighted by atomic mass is 9.94. The molecule has 1 aliphatic heterocycles. The van der Waals surface area contributed by atoms with Gasteiger partial charge in [-0.25, -0.2) is 0 Å². The van der Waals surface area contributed by atoms with Crippen LogP contribution in [0.5, 0.6) is 0 Å². The molecule has 0 aromatic heterocycles. The molecule has 4 nitrogen and oxygen atoms in total. The monoisotopic (exact) mass is 349 g/mol. The molecule has 0 radical (unpaired) electrons. The van der Waals surface area contributed by atoms with Gasteiger partial charge in [-0.2, -0.15) is 0 Å². The van der Waals surface area contributed by atoms with E-state index in [1.807, 2.05) is 71.9 Å². The SMILES string of the molecule is CCC(=O)[C@](C)(SC(=O)N1C(C)(C)COC1(C)C)c1ccccc1. The Morgan fingerprint density at radius 2 is 1.79 bits per heavy atom. The van der Waals surface area contributed by atoms with E-state index in [-0.39, 0.29) is 11.0 Å². The Morgan fingerprint density at radius 1 is 1.21 bits per heavy atom. The van der Waals surface area contributed by atoms with E-state index in [9.17, 15) is 9.59 Å². The van der Waals surface area contributed by atoms with Crippen molar-refractivity contribution in [3.8, 4) is 0 Å². The molecule has 0 bridgehead atoms. The number of hydrogen-bond acceptors (Lipinski definition) is 4. The largest absolute Gasteiger partial charge is 0.354 e. The van der Waals surface area contributed by atoms with Crippen LogP contribution in [0.1, 0.15) is 53.5 Å². The fourth-order valence-corrected chi connectivity index (χ4v) is 4.69. The van der Waals surface area contributed by atoms with Gasteiger partial charge < -0.3 is 4.74 Å². The molecule has 1 heterocycles. The second-order valence-electron chi connectivity index (χ2n) is 7.43. The quantitative estimate of drug-likeness (QED) is 0.798. The fourth-order valence-electron chi connectivity index (χ4n) is 3.27. The van der Waals surface area contributed by atoms with Crippen LogP contribution in [0.25, 0.3) is 0 Å². The second-order valence-corrected chi connectivity index (χ2v) is 8.80. The van der Waals surface area contributed by atoms with Gasteiger partial charge >= 0.3 is 0 Å².